The van der Waals surface area contributed by atoms with E-state index in [2.05, 4.69) is 26.4 Å². The van der Waals surface area contributed by atoms with Gasteiger partial charge < -0.3 is 55.1 Å². The van der Waals surface area contributed by atoms with Crippen LogP contribution in [-0.2, 0) is 35.6 Å². The number of methoxy groups -OCH3 is 1. The summed E-state index contributed by atoms with van der Waals surface area (Å²) in [6.45, 7) is 2.81. The van der Waals surface area contributed by atoms with Gasteiger partial charge in [-0.15, -0.1) is 0 Å². The zero-order valence-corrected chi connectivity index (χ0v) is 27.8. The van der Waals surface area contributed by atoms with Crippen molar-refractivity contribution in [3.05, 3.63) is 53.9 Å². The van der Waals surface area contributed by atoms with Crippen LogP contribution in [0.4, 0.5) is 5.69 Å². The fourth-order valence-electron chi connectivity index (χ4n) is 4.19. The first-order valence-corrected chi connectivity index (χ1v) is 15.7. The van der Waals surface area contributed by atoms with Gasteiger partial charge in [0.1, 0.15) is 24.7 Å². The van der Waals surface area contributed by atoms with Gasteiger partial charge in [-0.05, 0) is 43.3 Å². The van der Waals surface area contributed by atoms with Crippen LogP contribution in [-0.4, -0.2) is 120 Å². The van der Waals surface area contributed by atoms with Crippen LogP contribution in [0.25, 0.3) is 11.5 Å². The summed E-state index contributed by atoms with van der Waals surface area (Å²) in [6.07, 6.45) is 2.25. The fraction of sp³-hybridized carbons (Fsp3) is 0.469. The van der Waals surface area contributed by atoms with E-state index < -0.39 is 11.8 Å². The lowest BCUT2D eigenvalue weighted by atomic mass is 10.1. The second-order valence-corrected chi connectivity index (χ2v) is 10.3. The van der Waals surface area contributed by atoms with Crippen molar-refractivity contribution in [1.82, 2.24) is 25.7 Å². The second-order valence-electron chi connectivity index (χ2n) is 10.3. The summed E-state index contributed by atoms with van der Waals surface area (Å²) in [6, 6.07) is 9.85. The molecule has 3 rings (SSSR count). The number of nitrogens with two attached hydrogens (primary N) is 1. The molecular weight excluding hydrogens is 642 g/mol. The van der Waals surface area contributed by atoms with Crippen molar-refractivity contribution in [3.63, 3.8) is 0 Å². The second kappa shape index (κ2) is 21.9. The number of amides is 4. The van der Waals surface area contributed by atoms with Crippen molar-refractivity contribution in [2.24, 2.45) is 12.8 Å². The van der Waals surface area contributed by atoms with Crippen molar-refractivity contribution in [3.8, 4) is 17.2 Å². The maximum atomic E-state index is 12.9. The molecule has 3 aromatic rings. The number of ether oxygens (including phenoxy) is 5. The van der Waals surface area contributed by atoms with Gasteiger partial charge in [0.15, 0.2) is 11.5 Å². The van der Waals surface area contributed by atoms with Crippen LogP contribution >= 0.6 is 0 Å². The van der Waals surface area contributed by atoms with Crippen LogP contribution in [0.3, 0.4) is 0 Å². The molecule has 0 atom stereocenters. The normalized spacial score (nSPS) is 10.8. The number of carbonyl (C=O) groups excluding carboxylic acids is 4. The zero-order valence-electron chi connectivity index (χ0n) is 27.8. The van der Waals surface area contributed by atoms with E-state index in [1.165, 1.54) is 19.4 Å². The van der Waals surface area contributed by atoms with E-state index in [-0.39, 0.29) is 75.9 Å². The molecule has 0 spiro atoms. The Morgan fingerprint density at radius 2 is 1.47 bits per heavy atom. The van der Waals surface area contributed by atoms with Crippen LogP contribution in [0.15, 0.2) is 47.1 Å². The van der Waals surface area contributed by atoms with Gasteiger partial charge in [0.2, 0.25) is 11.8 Å². The van der Waals surface area contributed by atoms with Crippen LogP contribution < -0.4 is 31.7 Å². The molecule has 1 aromatic carbocycles. The molecule has 0 saturated heterocycles. The number of hydrogen-bond acceptors (Lipinski definition) is 12. The maximum Gasteiger partial charge on any atom is 0.276 e. The summed E-state index contributed by atoms with van der Waals surface area (Å²) >= 11 is 0. The smallest absolute Gasteiger partial charge is 0.276 e. The molecule has 0 aliphatic rings. The maximum absolute atomic E-state index is 12.9. The first kappa shape index (κ1) is 38.6. The molecule has 4 amide bonds. The predicted octanol–water partition coefficient (Wildman–Crippen LogP) is 0.318. The molecule has 17 nitrogen and oxygen atoms in total. The van der Waals surface area contributed by atoms with Crippen molar-refractivity contribution in [1.29, 1.82) is 0 Å². The molecule has 2 heterocycles. The summed E-state index contributed by atoms with van der Waals surface area (Å²) < 4.78 is 33.6. The Labute approximate surface area is 284 Å². The van der Waals surface area contributed by atoms with Crippen LogP contribution in [0.2, 0.25) is 0 Å². The van der Waals surface area contributed by atoms with E-state index in [4.69, 9.17) is 33.8 Å². The number of aromatic nitrogens is 2. The summed E-state index contributed by atoms with van der Waals surface area (Å²) in [7, 11) is 3.15. The first-order chi connectivity index (χ1) is 23.8. The molecular formula is C32H45N7O10. The molecule has 49 heavy (non-hydrogen) atoms. The van der Waals surface area contributed by atoms with Gasteiger partial charge in [-0.3, -0.25) is 23.9 Å². The van der Waals surface area contributed by atoms with Crippen molar-refractivity contribution >= 4 is 29.3 Å². The molecule has 268 valence electrons. The number of hydrogen-bond donors (Lipinski definition) is 5. The number of anilines is 1. The van der Waals surface area contributed by atoms with E-state index in [1.54, 1.807) is 42.1 Å². The highest BCUT2D eigenvalue weighted by atomic mass is 16.5. The van der Waals surface area contributed by atoms with Gasteiger partial charge in [0, 0.05) is 38.4 Å². The van der Waals surface area contributed by atoms with Gasteiger partial charge in [-0.1, -0.05) is 0 Å². The third-order valence-corrected chi connectivity index (χ3v) is 6.60. The quantitative estimate of drug-likeness (QED) is 0.0804. The summed E-state index contributed by atoms with van der Waals surface area (Å²) in [5.41, 5.74) is 6.79. The third-order valence-electron chi connectivity index (χ3n) is 6.60. The van der Waals surface area contributed by atoms with Gasteiger partial charge in [0.05, 0.1) is 58.6 Å². The third kappa shape index (κ3) is 14.1. The number of nitrogens with one attached hydrogen (secondary N) is 4. The van der Waals surface area contributed by atoms with Gasteiger partial charge in [-0.25, -0.2) is 0 Å². The number of carbonyl (C=O) groups is 4. The molecule has 2 aromatic heterocycles. The van der Waals surface area contributed by atoms with Crippen LogP contribution in [0, 0.1) is 0 Å². The Kier molecular flexibility index (Phi) is 17.3. The minimum atomic E-state index is -0.455. The lowest BCUT2D eigenvalue weighted by molar-refractivity contribution is -0.127. The summed E-state index contributed by atoms with van der Waals surface area (Å²) in [5, 5.41) is 15.1. The van der Waals surface area contributed by atoms with Crippen molar-refractivity contribution in [2.75, 3.05) is 91.5 Å². The molecule has 0 aliphatic heterocycles. The minimum absolute atomic E-state index is 0.0455. The SMILES string of the molecule is COc1ccc(NC(=O)c2cc(-c3ccco3)n(C)n2)cc1C(=O)NCCOCCOCC(=O)NCCOCCOCC(=O)NCCCN. The number of rotatable bonds is 24. The van der Waals surface area contributed by atoms with E-state index in [0.717, 1.165) is 0 Å². The van der Waals surface area contributed by atoms with Gasteiger partial charge >= 0.3 is 0 Å². The van der Waals surface area contributed by atoms with Gasteiger partial charge in [0.25, 0.3) is 11.8 Å². The number of furan rings is 1. The van der Waals surface area contributed by atoms with Crippen molar-refractivity contribution in [2.45, 2.75) is 6.42 Å². The molecule has 0 unspecified atom stereocenters. The highest BCUT2D eigenvalue weighted by Gasteiger charge is 2.18. The average molecular weight is 688 g/mol. The molecule has 17 heteroatoms. The molecule has 0 bridgehead atoms. The Balaban J connectivity index is 1.24. The number of nitrogens with zero attached hydrogens (tertiary/aromatic N) is 2. The van der Waals surface area contributed by atoms with E-state index >= 15 is 0 Å². The van der Waals surface area contributed by atoms with E-state index in [9.17, 15) is 19.2 Å². The zero-order chi connectivity index (χ0) is 35.3. The molecule has 0 radical (unpaired) electrons. The van der Waals surface area contributed by atoms with Gasteiger partial charge in [-0.2, -0.15) is 5.10 Å². The topological polar surface area (TPSA) is 220 Å². The van der Waals surface area contributed by atoms with Crippen molar-refractivity contribution < 1.29 is 47.3 Å². The predicted molar refractivity (Wildman–Crippen MR) is 177 cm³/mol. The van der Waals surface area contributed by atoms with Crippen LogP contribution in [0.1, 0.15) is 27.3 Å². The molecule has 0 fully saturated rings. The lowest BCUT2D eigenvalue weighted by Gasteiger charge is -2.12. The standard InChI is InChI=1S/C32H45N7O10/c1-39-26(28-5-3-12-49-28)20-25(38-39)32(43)37-23-6-7-27(44-2)24(19-23)31(42)36-11-14-46-16-18-48-22-30(41)35-10-13-45-15-17-47-21-29(40)34-9-4-8-33/h3,5-7,12,19-20H,4,8-11,13-18,21-22,33H2,1-2H3,(H,34,40)(H,35,41)(H,36,42)(H,37,43). The first-order valence-electron chi connectivity index (χ1n) is 15.7. The highest BCUT2D eigenvalue weighted by Crippen LogP contribution is 2.24. The minimum Gasteiger partial charge on any atom is -0.496 e. The van der Waals surface area contributed by atoms with E-state index in [1.807, 2.05) is 0 Å². The molecule has 6 N–H and O–H groups in total. The summed E-state index contributed by atoms with van der Waals surface area (Å²) in [5.74, 6) is -0.466. The molecule has 0 aliphatic carbocycles. The lowest BCUT2D eigenvalue weighted by Crippen LogP contribution is -2.32. The summed E-state index contributed by atoms with van der Waals surface area (Å²) in [4.78, 5) is 49.1. The Morgan fingerprint density at radius 1 is 0.816 bits per heavy atom. The highest BCUT2D eigenvalue weighted by molar-refractivity contribution is 6.05. The molecule has 0 saturated carbocycles. The Hall–Kier alpha value is -4.81. The number of aryl methyl sites for hydroxylation is 1. The number of benzene rings is 1. The largest absolute Gasteiger partial charge is 0.496 e. The Morgan fingerprint density at radius 3 is 2.10 bits per heavy atom. The fourth-order valence-corrected chi connectivity index (χ4v) is 4.19. The monoisotopic (exact) mass is 687 g/mol. The van der Waals surface area contributed by atoms with Crippen LogP contribution in [0.5, 0.6) is 5.75 Å². The average Bonchev–Trinajstić information content (AvgIpc) is 3.77. The van der Waals surface area contributed by atoms with E-state index in [0.29, 0.717) is 55.6 Å². The Bertz CT molecular complexity index is 1460.